The van der Waals surface area contributed by atoms with Gasteiger partial charge in [0.1, 0.15) is 0 Å². The van der Waals surface area contributed by atoms with E-state index in [1.165, 1.54) is 5.56 Å². The lowest BCUT2D eigenvalue weighted by atomic mass is 9.93. The summed E-state index contributed by atoms with van der Waals surface area (Å²) in [5, 5.41) is 12.1. The molecule has 0 radical (unpaired) electrons. The minimum atomic E-state index is -0.401. The van der Waals surface area contributed by atoms with E-state index in [2.05, 4.69) is 18.3 Å². The lowest BCUT2D eigenvalue weighted by Crippen LogP contribution is -2.25. The number of nitrogens with one attached hydrogen (secondary N) is 1. The number of aliphatic hydroxyl groups excluding tert-OH is 1. The number of carbonyl (C=O) groups excluding carboxylic acids is 2. The van der Waals surface area contributed by atoms with Gasteiger partial charge in [-0.25, -0.2) is 0 Å². The van der Waals surface area contributed by atoms with E-state index >= 15 is 0 Å². The van der Waals surface area contributed by atoms with E-state index in [0.717, 1.165) is 42.2 Å². The summed E-state index contributed by atoms with van der Waals surface area (Å²) in [6, 6.07) is 6.04. The minimum Gasteiger partial charge on any atom is -0.388 e. The molecule has 112 valence electrons. The number of imide groups is 1. The molecule has 0 spiro atoms. The van der Waals surface area contributed by atoms with Gasteiger partial charge in [0.05, 0.1) is 11.4 Å². The maximum atomic E-state index is 11.6. The lowest BCUT2D eigenvalue weighted by Gasteiger charge is -2.18. The number of fused-ring (bicyclic) bond motifs is 1. The third kappa shape index (κ3) is 2.99. The Hall–Kier alpha value is -1.33. The van der Waals surface area contributed by atoms with Crippen LogP contribution in [0.3, 0.4) is 0 Å². The van der Waals surface area contributed by atoms with Crippen LogP contribution in [0.4, 0.5) is 4.79 Å². The summed E-state index contributed by atoms with van der Waals surface area (Å²) in [5.41, 5.74) is 3.25. The van der Waals surface area contributed by atoms with Gasteiger partial charge in [-0.15, -0.1) is 0 Å². The van der Waals surface area contributed by atoms with E-state index in [-0.39, 0.29) is 22.3 Å². The highest BCUT2D eigenvalue weighted by Crippen LogP contribution is 2.34. The molecule has 0 aromatic heterocycles. The molecule has 0 saturated carbocycles. The van der Waals surface area contributed by atoms with Crippen molar-refractivity contribution in [1.82, 2.24) is 5.32 Å². The first-order valence-corrected chi connectivity index (χ1v) is 8.24. The van der Waals surface area contributed by atoms with Gasteiger partial charge in [-0.3, -0.25) is 14.9 Å². The van der Waals surface area contributed by atoms with Crippen LogP contribution in [0.2, 0.25) is 0 Å². The predicted octanol–water partition coefficient (Wildman–Crippen LogP) is 2.59. The first-order chi connectivity index (χ1) is 10.0. The van der Waals surface area contributed by atoms with E-state index in [1.807, 2.05) is 12.1 Å². The molecule has 2 N–H and O–H groups in total. The summed E-state index contributed by atoms with van der Waals surface area (Å²) in [5.74, 6) is 0.0829. The van der Waals surface area contributed by atoms with Crippen molar-refractivity contribution in [2.75, 3.05) is 0 Å². The van der Waals surface area contributed by atoms with Crippen molar-refractivity contribution < 1.29 is 14.7 Å². The molecule has 2 aliphatic rings. The van der Waals surface area contributed by atoms with E-state index in [9.17, 15) is 14.7 Å². The highest BCUT2D eigenvalue weighted by atomic mass is 32.2. The van der Waals surface area contributed by atoms with Crippen molar-refractivity contribution in [3.8, 4) is 0 Å². The number of benzene rings is 1. The number of aliphatic hydroxyl groups is 1. The molecular weight excluding hydrogens is 286 g/mol. The Bertz CT molecular complexity index is 587. The SMILES string of the molecule is CC1CCCc2cc(CC3SC(=O)NC3=O)ccc2C1O. The molecule has 5 heteroatoms. The second-order valence-corrected chi connectivity index (χ2v) is 7.11. The molecule has 3 unspecified atom stereocenters. The van der Waals surface area contributed by atoms with E-state index in [1.54, 1.807) is 0 Å². The average Bonchev–Trinajstić information content (AvgIpc) is 2.68. The fourth-order valence-corrected chi connectivity index (χ4v) is 3.97. The Morgan fingerprint density at radius 1 is 1.38 bits per heavy atom. The maximum absolute atomic E-state index is 11.6. The Morgan fingerprint density at radius 2 is 2.19 bits per heavy atom. The smallest absolute Gasteiger partial charge is 0.286 e. The van der Waals surface area contributed by atoms with Crippen molar-refractivity contribution in [2.24, 2.45) is 5.92 Å². The third-order valence-corrected chi connectivity index (χ3v) is 5.34. The topological polar surface area (TPSA) is 66.4 Å². The van der Waals surface area contributed by atoms with Crippen molar-refractivity contribution in [3.63, 3.8) is 0 Å². The predicted molar refractivity (Wildman–Crippen MR) is 82.1 cm³/mol. The molecule has 3 rings (SSSR count). The second kappa shape index (κ2) is 5.81. The lowest BCUT2D eigenvalue weighted by molar-refractivity contribution is -0.118. The molecule has 1 aromatic rings. The number of hydrogen-bond acceptors (Lipinski definition) is 4. The van der Waals surface area contributed by atoms with Crippen molar-refractivity contribution >= 4 is 22.9 Å². The van der Waals surface area contributed by atoms with Gasteiger partial charge in [-0.1, -0.05) is 36.9 Å². The van der Waals surface area contributed by atoms with Crippen LogP contribution in [0.1, 0.15) is 42.6 Å². The van der Waals surface area contributed by atoms with Gasteiger partial charge in [0, 0.05) is 0 Å². The standard InChI is InChI=1S/C16H19NO3S/c1-9-3-2-4-11-7-10(5-6-12(11)14(9)18)8-13-15(19)17-16(20)21-13/h5-7,9,13-14,18H,2-4,8H2,1H3,(H,17,19,20). The zero-order valence-electron chi connectivity index (χ0n) is 12.0. The van der Waals surface area contributed by atoms with Gasteiger partial charge >= 0.3 is 0 Å². The van der Waals surface area contributed by atoms with Gasteiger partial charge in [-0.05, 0) is 48.3 Å². The van der Waals surface area contributed by atoms with E-state index < -0.39 is 6.10 Å². The maximum Gasteiger partial charge on any atom is 0.286 e. The van der Waals surface area contributed by atoms with Crippen LogP contribution in [-0.4, -0.2) is 21.5 Å². The Balaban J connectivity index is 1.81. The van der Waals surface area contributed by atoms with Gasteiger partial charge in [-0.2, -0.15) is 0 Å². The molecule has 3 atom stereocenters. The zero-order chi connectivity index (χ0) is 15.0. The van der Waals surface area contributed by atoms with Crippen LogP contribution >= 0.6 is 11.8 Å². The molecule has 1 fully saturated rings. The van der Waals surface area contributed by atoms with Crippen LogP contribution in [0, 0.1) is 5.92 Å². The normalized spacial score (nSPS) is 29.0. The summed E-state index contributed by atoms with van der Waals surface area (Å²) < 4.78 is 0. The first kappa shape index (κ1) is 14.6. The first-order valence-electron chi connectivity index (χ1n) is 7.36. The second-order valence-electron chi connectivity index (χ2n) is 5.93. The van der Waals surface area contributed by atoms with Crippen LogP contribution < -0.4 is 5.32 Å². The van der Waals surface area contributed by atoms with Crippen LogP contribution in [-0.2, 0) is 17.6 Å². The number of thioether (sulfide) groups is 1. The van der Waals surface area contributed by atoms with Crippen LogP contribution in [0.15, 0.2) is 18.2 Å². The summed E-state index contributed by atoms with van der Waals surface area (Å²) in [6.07, 6.45) is 3.23. The fraction of sp³-hybridized carbons (Fsp3) is 0.500. The molecule has 21 heavy (non-hydrogen) atoms. The van der Waals surface area contributed by atoms with Gasteiger partial charge in [0.25, 0.3) is 5.24 Å². The molecule has 1 aliphatic heterocycles. The minimum absolute atomic E-state index is 0.200. The molecule has 1 heterocycles. The molecule has 1 aromatic carbocycles. The van der Waals surface area contributed by atoms with Gasteiger partial charge in [0.15, 0.2) is 0 Å². The third-order valence-electron chi connectivity index (χ3n) is 4.36. The molecule has 2 amide bonds. The fourth-order valence-electron chi connectivity index (χ4n) is 3.11. The number of hydrogen-bond donors (Lipinski definition) is 2. The number of aryl methyl sites for hydroxylation is 1. The number of rotatable bonds is 2. The zero-order valence-corrected chi connectivity index (χ0v) is 12.8. The quantitative estimate of drug-likeness (QED) is 0.824. The van der Waals surface area contributed by atoms with Crippen molar-refractivity contribution in [1.29, 1.82) is 0 Å². The summed E-state index contributed by atoms with van der Waals surface area (Å²) >= 11 is 1.06. The average molecular weight is 305 g/mol. The van der Waals surface area contributed by atoms with E-state index in [0.29, 0.717) is 6.42 Å². The largest absolute Gasteiger partial charge is 0.388 e. The number of amides is 2. The molecule has 1 aliphatic carbocycles. The Kier molecular flexibility index (Phi) is 4.04. The highest BCUT2D eigenvalue weighted by molar-refractivity contribution is 8.15. The van der Waals surface area contributed by atoms with Crippen LogP contribution in [0.5, 0.6) is 0 Å². The van der Waals surface area contributed by atoms with Gasteiger partial charge < -0.3 is 5.11 Å². The van der Waals surface area contributed by atoms with Crippen molar-refractivity contribution in [3.05, 3.63) is 34.9 Å². The van der Waals surface area contributed by atoms with Crippen molar-refractivity contribution in [2.45, 2.75) is 44.0 Å². The molecule has 1 saturated heterocycles. The van der Waals surface area contributed by atoms with Crippen LogP contribution in [0.25, 0.3) is 0 Å². The summed E-state index contributed by atoms with van der Waals surface area (Å²) in [7, 11) is 0. The summed E-state index contributed by atoms with van der Waals surface area (Å²) in [4.78, 5) is 22.8. The highest BCUT2D eigenvalue weighted by Gasteiger charge is 2.32. The molecule has 0 bridgehead atoms. The summed E-state index contributed by atoms with van der Waals surface area (Å²) in [6.45, 7) is 2.08. The monoisotopic (exact) mass is 305 g/mol. The van der Waals surface area contributed by atoms with E-state index in [4.69, 9.17) is 0 Å². The van der Waals surface area contributed by atoms with Gasteiger partial charge in [0.2, 0.25) is 5.91 Å². The molecule has 4 nitrogen and oxygen atoms in total. The molecular formula is C16H19NO3S. The Labute approximate surface area is 128 Å². The number of carbonyl (C=O) groups is 2. The Morgan fingerprint density at radius 3 is 2.90 bits per heavy atom.